The van der Waals surface area contributed by atoms with Crippen molar-refractivity contribution in [1.82, 2.24) is 10.6 Å². The maximum Gasteiger partial charge on any atom is 0.241 e. The molecule has 1 aliphatic heterocycles. The SMILES string of the molecule is [B]C(=O)COCNC(=O)CNC(=O)CCOC1O[C@H](CO)C(O)CC1O. The minimum absolute atomic E-state index is 0.0138. The molecule has 0 aliphatic carbocycles. The van der Waals surface area contributed by atoms with Crippen LogP contribution in [0.2, 0.25) is 0 Å². The van der Waals surface area contributed by atoms with Gasteiger partial charge in [0.2, 0.25) is 11.8 Å². The minimum atomic E-state index is -1.08. The lowest BCUT2D eigenvalue weighted by atomic mass is 10.0. The van der Waals surface area contributed by atoms with Gasteiger partial charge in [0, 0.05) is 6.42 Å². The van der Waals surface area contributed by atoms with Crippen LogP contribution in [0, 0.1) is 0 Å². The first kappa shape index (κ1) is 22.5. The highest BCUT2D eigenvalue weighted by atomic mass is 16.7. The average Bonchev–Trinajstić information content (AvgIpc) is 2.58. The molecule has 0 aromatic heterocycles. The summed E-state index contributed by atoms with van der Waals surface area (Å²) < 4.78 is 15.2. The number of rotatable bonds is 11. The Labute approximate surface area is 151 Å². The third-order valence-electron chi connectivity index (χ3n) is 3.39. The highest BCUT2D eigenvalue weighted by molar-refractivity contribution is 6.58. The first-order valence-electron chi connectivity index (χ1n) is 7.97. The van der Waals surface area contributed by atoms with Crippen LogP contribution in [-0.4, -0.2) is 98.4 Å². The number of ether oxygens (including phenoxy) is 3. The van der Waals surface area contributed by atoms with E-state index in [4.69, 9.17) is 27.2 Å². The van der Waals surface area contributed by atoms with Crippen LogP contribution in [0.4, 0.5) is 0 Å². The zero-order valence-corrected chi connectivity index (χ0v) is 14.1. The molecule has 1 rings (SSSR count). The lowest BCUT2D eigenvalue weighted by Gasteiger charge is -2.36. The van der Waals surface area contributed by atoms with Crippen LogP contribution in [0.5, 0.6) is 0 Å². The Bertz CT molecular complexity index is 479. The molecule has 0 bridgehead atoms. The summed E-state index contributed by atoms with van der Waals surface area (Å²) in [6, 6.07) is 0. The van der Waals surface area contributed by atoms with E-state index in [1.54, 1.807) is 0 Å². The van der Waals surface area contributed by atoms with Gasteiger partial charge in [-0.25, -0.2) is 0 Å². The fourth-order valence-corrected chi connectivity index (χ4v) is 2.06. The van der Waals surface area contributed by atoms with Gasteiger partial charge >= 0.3 is 0 Å². The van der Waals surface area contributed by atoms with Crippen molar-refractivity contribution in [2.24, 2.45) is 0 Å². The zero-order valence-electron chi connectivity index (χ0n) is 14.1. The standard InChI is InChI=1S/C14H23BN2O9/c15-11(21)6-24-7-17-13(23)4-16-12(22)1-2-25-14-9(20)3-8(19)10(5-18)26-14/h8-10,14,18-20H,1-7H2,(H,16,22)(H,17,23)/t8?,9?,10-,14?/m1/s1. The van der Waals surface area contributed by atoms with Gasteiger partial charge in [-0.05, 0) is 0 Å². The molecule has 2 amide bonds. The molecule has 26 heavy (non-hydrogen) atoms. The molecule has 11 nitrogen and oxygen atoms in total. The summed E-state index contributed by atoms with van der Waals surface area (Å²) >= 11 is 0. The van der Waals surface area contributed by atoms with E-state index in [1.165, 1.54) is 0 Å². The molecular weight excluding hydrogens is 351 g/mol. The summed E-state index contributed by atoms with van der Waals surface area (Å²) in [4.78, 5) is 33.4. The van der Waals surface area contributed by atoms with Gasteiger partial charge in [-0.2, -0.15) is 0 Å². The third kappa shape index (κ3) is 8.69. The van der Waals surface area contributed by atoms with Crippen LogP contribution < -0.4 is 10.6 Å². The first-order valence-corrected chi connectivity index (χ1v) is 7.97. The summed E-state index contributed by atoms with van der Waals surface area (Å²) in [5.41, 5.74) is -0.667. The Kier molecular flexibility index (Phi) is 10.3. The van der Waals surface area contributed by atoms with Gasteiger partial charge in [-0.15, -0.1) is 0 Å². The van der Waals surface area contributed by atoms with E-state index >= 15 is 0 Å². The number of nitrogens with one attached hydrogen (secondary N) is 2. The molecule has 2 radical (unpaired) electrons. The van der Waals surface area contributed by atoms with Gasteiger partial charge in [0.15, 0.2) is 14.1 Å². The minimum Gasteiger partial charge on any atom is -0.394 e. The predicted molar refractivity (Wildman–Crippen MR) is 85.7 cm³/mol. The molecule has 5 N–H and O–H groups in total. The van der Waals surface area contributed by atoms with Crippen molar-refractivity contribution in [3.8, 4) is 0 Å². The fraction of sp³-hybridized carbons (Fsp3) is 0.786. The monoisotopic (exact) mass is 374 g/mol. The molecule has 0 saturated carbocycles. The number of carbonyl (C=O) groups is 3. The molecule has 0 aromatic carbocycles. The van der Waals surface area contributed by atoms with Crippen molar-refractivity contribution >= 4 is 25.3 Å². The smallest absolute Gasteiger partial charge is 0.241 e. The van der Waals surface area contributed by atoms with E-state index in [9.17, 15) is 24.6 Å². The maximum atomic E-state index is 11.6. The second-order valence-electron chi connectivity index (χ2n) is 5.55. The largest absolute Gasteiger partial charge is 0.394 e. The molecular formula is C14H23BN2O9. The molecule has 12 heteroatoms. The number of aliphatic hydroxyl groups is 3. The molecule has 1 aliphatic rings. The quantitative estimate of drug-likeness (QED) is 0.138. The number of hydrogen-bond acceptors (Lipinski definition) is 9. The highest BCUT2D eigenvalue weighted by Gasteiger charge is 2.36. The lowest BCUT2D eigenvalue weighted by molar-refractivity contribution is -0.269. The molecule has 1 saturated heterocycles. The Hall–Kier alpha value is -1.57. The van der Waals surface area contributed by atoms with E-state index in [2.05, 4.69) is 10.6 Å². The van der Waals surface area contributed by atoms with E-state index in [-0.39, 0.29) is 39.3 Å². The maximum absolute atomic E-state index is 11.6. The summed E-state index contributed by atoms with van der Waals surface area (Å²) in [5.74, 6) is -0.989. The highest BCUT2D eigenvalue weighted by Crippen LogP contribution is 2.21. The topological polar surface area (TPSA) is 164 Å². The van der Waals surface area contributed by atoms with Gasteiger partial charge in [0.1, 0.15) is 24.6 Å². The van der Waals surface area contributed by atoms with Crippen molar-refractivity contribution in [2.45, 2.75) is 37.4 Å². The summed E-state index contributed by atoms with van der Waals surface area (Å²) in [6.45, 7) is -1.35. The third-order valence-corrected chi connectivity index (χ3v) is 3.39. The number of hydrogen-bond donors (Lipinski definition) is 5. The fourth-order valence-electron chi connectivity index (χ4n) is 2.06. The van der Waals surface area contributed by atoms with Gasteiger partial charge in [-0.3, -0.25) is 9.59 Å². The normalized spacial score (nSPS) is 25.5. The zero-order chi connectivity index (χ0) is 19.5. The second-order valence-corrected chi connectivity index (χ2v) is 5.55. The van der Waals surface area contributed by atoms with Crippen molar-refractivity contribution in [1.29, 1.82) is 0 Å². The van der Waals surface area contributed by atoms with Crippen molar-refractivity contribution in [3.05, 3.63) is 0 Å². The average molecular weight is 374 g/mol. The molecule has 4 atom stereocenters. The van der Waals surface area contributed by atoms with Gasteiger partial charge < -0.3 is 45.0 Å². The number of carbonyl (C=O) groups excluding carboxylic acids is 3. The van der Waals surface area contributed by atoms with E-state index in [0.29, 0.717) is 0 Å². The molecule has 3 unspecified atom stereocenters. The van der Waals surface area contributed by atoms with Gasteiger partial charge in [0.25, 0.3) is 0 Å². The molecule has 0 spiro atoms. The van der Waals surface area contributed by atoms with Crippen LogP contribution in [0.3, 0.4) is 0 Å². The Morgan fingerprint density at radius 1 is 1.15 bits per heavy atom. The van der Waals surface area contributed by atoms with Crippen molar-refractivity contribution < 1.29 is 43.9 Å². The van der Waals surface area contributed by atoms with Crippen LogP contribution >= 0.6 is 0 Å². The second kappa shape index (κ2) is 11.9. The van der Waals surface area contributed by atoms with Crippen molar-refractivity contribution in [2.75, 3.05) is 33.1 Å². The van der Waals surface area contributed by atoms with Crippen LogP contribution in [-0.2, 0) is 28.6 Å². The lowest BCUT2D eigenvalue weighted by Crippen LogP contribution is -2.50. The molecule has 146 valence electrons. The Morgan fingerprint density at radius 3 is 2.54 bits per heavy atom. The number of aliphatic hydroxyl groups excluding tert-OH is 3. The summed E-state index contributed by atoms with van der Waals surface area (Å²) in [7, 11) is 4.84. The van der Waals surface area contributed by atoms with E-state index in [1.807, 2.05) is 0 Å². The molecule has 1 heterocycles. The Morgan fingerprint density at radius 2 is 1.88 bits per heavy atom. The van der Waals surface area contributed by atoms with Gasteiger partial charge in [0.05, 0.1) is 38.9 Å². The van der Waals surface area contributed by atoms with Crippen molar-refractivity contribution in [3.63, 3.8) is 0 Å². The predicted octanol–water partition coefficient (Wildman–Crippen LogP) is -3.88. The summed E-state index contributed by atoms with van der Waals surface area (Å²) in [6.07, 6.45) is -4.11. The molecule has 1 fully saturated rings. The first-order chi connectivity index (χ1) is 12.3. The van der Waals surface area contributed by atoms with Crippen LogP contribution in [0.1, 0.15) is 12.8 Å². The Balaban J connectivity index is 2.14. The van der Waals surface area contributed by atoms with Crippen LogP contribution in [0.25, 0.3) is 0 Å². The van der Waals surface area contributed by atoms with Crippen LogP contribution in [0.15, 0.2) is 0 Å². The summed E-state index contributed by atoms with van der Waals surface area (Å²) in [5, 5.41) is 33.0. The van der Waals surface area contributed by atoms with E-state index < -0.39 is 48.7 Å². The number of amides is 2. The van der Waals surface area contributed by atoms with E-state index in [0.717, 1.165) is 0 Å². The van der Waals surface area contributed by atoms with Gasteiger partial charge in [-0.1, -0.05) is 0 Å². The molecule has 0 aromatic rings.